The molecule has 1 aliphatic rings. The molecule has 0 radical (unpaired) electrons. The van der Waals surface area contributed by atoms with E-state index in [1.54, 1.807) is 0 Å². The van der Waals surface area contributed by atoms with Crippen molar-refractivity contribution < 1.29 is 4.79 Å². The van der Waals surface area contributed by atoms with Gasteiger partial charge in [-0.15, -0.1) is 0 Å². The van der Waals surface area contributed by atoms with E-state index in [1.807, 2.05) is 4.90 Å². The van der Waals surface area contributed by atoms with E-state index in [4.69, 9.17) is 6.57 Å². The number of nitrogens with zero attached hydrogens (tertiary/aromatic N) is 2. The molecule has 0 N–H and O–H groups in total. The molecule has 78 valence electrons. The minimum atomic E-state index is -0.00764. The molecule has 3 heteroatoms. The van der Waals surface area contributed by atoms with Gasteiger partial charge in [-0.3, -0.25) is 4.79 Å². The number of likely N-dealkylation sites (tertiary alicyclic amines) is 1. The van der Waals surface area contributed by atoms with Crippen LogP contribution >= 0.6 is 0 Å². The Labute approximate surface area is 85.9 Å². The molecule has 1 fully saturated rings. The fourth-order valence-corrected chi connectivity index (χ4v) is 1.86. The first kappa shape index (κ1) is 11.0. The highest BCUT2D eigenvalue weighted by Gasteiger charge is 2.34. The summed E-state index contributed by atoms with van der Waals surface area (Å²) in [6, 6.07) is 0. The van der Waals surface area contributed by atoms with Crippen LogP contribution in [0.3, 0.4) is 0 Å². The molecule has 1 rings (SSSR count). The molecule has 0 aliphatic carbocycles. The van der Waals surface area contributed by atoms with Crippen LogP contribution in [0.4, 0.5) is 0 Å². The highest BCUT2D eigenvalue weighted by Crippen LogP contribution is 2.33. The van der Waals surface area contributed by atoms with Crippen molar-refractivity contribution in [1.29, 1.82) is 0 Å². The Kier molecular flexibility index (Phi) is 3.15. The first-order chi connectivity index (χ1) is 6.45. The summed E-state index contributed by atoms with van der Waals surface area (Å²) in [6.45, 7) is 14.9. The predicted octanol–water partition coefficient (Wildman–Crippen LogP) is 1.80. The summed E-state index contributed by atoms with van der Waals surface area (Å²) in [5, 5.41) is 0. The molecule has 0 spiro atoms. The van der Waals surface area contributed by atoms with Crippen LogP contribution < -0.4 is 0 Å². The molecule has 3 nitrogen and oxygen atoms in total. The second-order valence-electron chi connectivity index (χ2n) is 5.01. The molecule has 0 aromatic carbocycles. The van der Waals surface area contributed by atoms with Crippen molar-refractivity contribution in [3.8, 4) is 0 Å². The van der Waals surface area contributed by atoms with E-state index >= 15 is 0 Å². The fraction of sp³-hybridized carbons (Fsp3) is 0.818. The Morgan fingerprint density at radius 2 is 2.21 bits per heavy atom. The van der Waals surface area contributed by atoms with Gasteiger partial charge in [-0.25, -0.2) is 6.57 Å². The van der Waals surface area contributed by atoms with Crippen LogP contribution in [0.15, 0.2) is 0 Å². The molecule has 1 unspecified atom stereocenters. The number of carbonyl (C=O) groups is 1. The van der Waals surface area contributed by atoms with Crippen LogP contribution in [0.25, 0.3) is 4.85 Å². The number of amides is 1. The van der Waals surface area contributed by atoms with E-state index in [0.29, 0.717) is 5.92 Å². The van der Waals surface area contributed by atoms with E-state index in [1.165, 1.54) is 0 Å². The fourth-order valence-electron chi connectivity index (χ4n) is 1.86. The summed E-state index contributed by atoms with van der Waals surface area (Å²) in [6.07, 6.45) is 1.08. The second kappa shape index (κ2) is 4.00. The van der Waals surface area contributed by atoms with Crippen LogP contribution in [0.1, 0.15) is 27.2 Å². The standard InChI is InChI=1S/C11H18N2O/c1-11(2,3)9-5-6-13(8-9)10(14)7-12-4/h9H,5-8H2,1-3H3. The Morgan fingerprint density at radius 3 is 2.64 bits per heavy atom. The van der Waals surface area contributed by atoms with E-state index in [2.05, 4.69) is 25.6 Å². The highest BCUT2D eigenvalue weighted by molar-refractivity contribution is 5.79. The third-order valence-corrected chi connectivity index (χ3v) is 2.98. The van der Waals surface area contributed by atoms with Gasteiger partial charge in [0.2, 0.25) is 0 Å². The van der Waals surface area contributed by atoms with Crippen LogP contribution in [0, 0.1) is 17.9 Å². The highest BCUT2D eigenvalue weighted by atomic mass is 16.2. The summed E-state index contributed by atoms with van der Waals surface area (Å²) in [5.41, 5.74) is 0.271. The van der Waals surface area contributed by atoms with Crippen LogP contribution in [-0.2, 0) is 4.79 Å². The Balaban J connectivity index is 2.50. The maximum absolute atomic E-state index is 11.4. The lowest BCUT2D eigenvalue weighted by atomic mass is 9.80. The summed E-state index contributed by atoms with van der Waals surface area (Å²) in [5.74, 6) is 0.573. The number of hydrogen-bond donors (Lipinski definition) is 0. The molecule has 1 heterocycles. The first-order valence-electron chi connectivity index (χ1n) is 5.06. The third-order valence-electron chi connectivity index (χ3n) is 2.98. The number of carbonyl (C=O) groups excluding carboxylic acids is 1. The molecule has 0 aromatic heterocycles. The molecule has 1 aliphatic heterocycles. The number of hydrogen-bond acceptors (Lipinski definition) is 1. The van der Waals surface area contributed by atoms with Gasteiger partial charge in [0.05, 0.1) is 0 Å². The molecule has 0 aromatic rings. The van der Waals surface area contributed by atoms with Gasteiger partial charge in [-0.2, -0.15) is 0 Å². The summed E-state index contributed by atoms with van der Waals surface area (Å²) in [7, 11) is 0. The smallest absolute Gasteiger partial charge is 0.302 e. The first-order valence-corrected chi connectivity index (χ1v) is 5.06. The van der Waals surface area contributed by atoms with Crippen molar-refractivity contribution in [2.45, 2.75) is 27.2 Å². The third kappa shape index (κ3) is 2.47. The molecular formula is C11H18N2O. The Bertz CT molecular complexity index is 259. The zero-order chi connectivity index (χ0) is 10.8. The number of rotatable bonds is 1. The van der Waals surface area contributed by atoms with Gasteiger partial charge < -0.3 is 9.74 Å². The maximum atomic E-state index is 11.4. The molecule has 1 amide bonds. The van der Waals surface area contributed by atoms with Crippen LogP contribution in [-0.4, -0.2) is 30.4 Å². The van der Waals surface area contributed by atoms with Crippen LogP contribution in [0.2, 0.25) is 0 Å². The second-order valence-corrected chi connectivity index (χ2v) is 5.01. The van der Waals surface area contributed by atoms with Crippen molar-refractivity contribution in [2.24, 2.45) is 11.3 Å². The van der Waals surface area contributed by atoms with Gasteiger partial charge in [-0.05, 0) is 17.8 Å². The average molecular weight is 194 g/mol. The lowest BCUT2D eigenvalue weighted by Crippen LogP contribution is -2.32. The largest absolute Gasteiger partial charge is 0.336 e. The molecular weight excluding hydrogens is 176 g/mol. The topological polar surface area (TPSA) is 24.7 Å². The van der Waals surface area contributed by atoms with Gasteiger partial charge >= 0.3 is 5.91 Å². The predicted molar refractivity (Wildman–Crippen MR) is 55.6 cm³/mol. The Morgan fingerprint density at radius 1 is 1.57 bits per heavy atom. The normalized spacial score (nSPS) is 22.1. The van der Waals surface area contributed by atoms with Gasteiger partial charge in [-0.1, -0.05) is 20.8 Å². The Hall–Kier alpha value is -1.04. The molecule has 1 saturated heterocycles. The zero-order valence-corrected chi connectivity index (χ0v) is 9.21. The lowest BCUT2D eigenvalue weighted by Gasteiger charge is -2.26. The van der Waals surface area contributed by atoms with E-state index in [-0.39, 0.29) is 17.9 Å². The van der Waals surface area contributed by atoms with Crippen LogP contribution in [0.5, 0.6) is 0 Å². The summed E-state index contributed by atoms with van der Waals surface area (Å²) < 4.78 is 0. The monoisotopic (exact) mass is 194 g/mol. The van der Waals surface area contributed by atoms with E-state index in [0.717, 1.165) is 19.5 Å². The maximum Gasteiger partial charge on any atom is 0.302 e. The molecule has 14 heavy (non-hydrogen) atoms. The molecule has 0 saturated carbocycles. The molecule has 0 bridgehead atoms. The summed E-state index contributed by atoms with van der Waals surface area (Å²) in [4.78, 5) is 16.4. The van der Waals surface area contributed by atoms with Gasteiger partial charge in [0.1, 0.15) is 0 Å². The van der Waals surface area contributed by atoms with E-state index in [9.17, 15) is 4.79 Å². The van der Waals surface area contributed by atoms with Crippen molar-refractivity contribution in [3.05, 3.63) is 11.4 Å². The van der Waals surface area contributed by atoms with Gasteiger partial charge in [0.15, 0.2) is 0 Å². The van der Waals surface area contributed by atoms with Crippen molar-refractivity contribution in [1.82, 2.24) is 4.90 Å². The van der Waals surface area contributed by atoms with E-state index < -0.39 is 0 Å². The SMILES string of the molecule is [C-]#[N+]CC(=O)N1CCC(C(C)(C)C)C1. The van der Waals surface area contributed by atoms with Crippen molar-refractivity contribution >= 4 is 5.91 Å². The van der Waals surface area contributed by atoms with Crippen molar-refractivity contribution in [3.63, 3.8) is 0 Å². The lowest BCUT2D eigenvalue weighted by molar-refractivity contribution is -0.128. The minimum absolute atomic E-state index is 0.00764. The average Bonchev–Trinajstić information content (AvgIpc) is 2.51. The van der Waals surface area contributed by atoms with Gasteiger partial charge in [0, 0.05) is 13.1 Å². The van der Waals surface area contributed by atoms with Gasteiger partial charge in [0.25, 0.3) is 6.54 Å². The summed E-state index contributed by atoms with van der Waals surface area (Å²) >= 11 is 0. The van der Waals surface area contributed by atoms with Crippen molar-refractivity contribution in [2.75, 3.05) is 19.6 Å². The quantitative estimate of drug-likeness (QED) is 0.584. The minimum Gasteiger partial charge on any atom is -0.336 e. The zero-order valence-electron chi connectivity index (χ0n) is 9.21. The molecule has 1 atom stereocenters.